The van der Waals surface area contributed by atoms with Crippen molar-refractivity contribution < 1.29 is 19.0 Å². The number of hydrogen-bond donors (Lipinski definition) is 1. The molecule has 0 saturated heterocycles. The molecule has 17 heavy (non-hydrogen) atoms. The number of carbonyl (C=O) groups is 1. The number of carboxylic acids is 1. The fraction of sp³-hybridized carbons (Fsp3) is 0.333. The Morgan fingerprint density at radius 1 is 1.65 bits per heavy atom. The summed E-state index contributed by atoms with van der Waals surface area (Å²) in [5.74, 6) is -1.51. The normalized spacial score (nSPS) is 11.6. The number of benzene rings is 1. The van der Waals surface area contributed by atoms with Crippen LogP contribution in [0.25, 0.3) is 0 Å². The zero-order chi connectivity index (χ0) is 12.8. The Balaban J connectivity index is 2.62. The number of hydrogen-bond acceptors (Lipinski definition) is 3. The van der Waals surface area contributed by atoms with Crippen LogP contribution in [0.1, 0.15) is 25.3 Å². The highest BCUT2D eigenvalue weighted by molar-refractivity contribution is 5.66. The van der Waals surface area contributed by atoms with E-state index in [-0.39, 0.29) is 17.7 Å². The van der Waals surface area contributed by atoms with Gasteiger partial charge >= 0.3 is 5.97 Å². The third-order valence-corrected chi connectivity index (χ3v) is 2.15. The van der Waals surface area contributed by atoms with Gasteiger partial charge in [-0.05, 0) is 31.5 Å². The Labute approximate surface area is 98.2 Å². The molecule has 0 radical (unpaired) electrons. The van der Waals surface area contributed by atoms with Gasteiger partial charge in [0.25, 0.3) is 0 Å². The predicted molar refractivity (Wildman–Crippen MR) is 58.1 cm³/mol. The molecule has 1 aromatic rings. The van der Waals surface area contributed by atoms with Crippen molar-refractivity contribution in [2.75, 3.05) is 0 Å². The lowest BCUT2D eigenvalue weighted by atomic mass is 10.2. The van der Waals surface area contributed by atoms with Crippen LogP contribution in [0.3, 0.4) is 0 Å². The van der Waals surface area contributed by atoms with Crippen molar-refractivity contribution in [1.29, 1.82) is 5.26 Å². The molecule has 1 atom stereocenters. The molecule has 0 aliphatic heterocycles. The molecular weight excluding hydrogens is 225 g/mol. The first-order chi connectivity index (χ1) is 8.02. The molecule has 0 aliphatic carbocycles. The van der Waals surface area contributed by atoms with Gasteiger partial charge in [-0.15, -0.1) is 0 Å². The Kier molecular flexibility index (Phi) is 4.46. The fourth-order valence-corrected chi connectivity index (χ4v) is 1.27. The van der Waals surface area contributed by atoms with E-state index in [1.54, 1.807) is 6.92 Å². The van der Waals surface area contributed by atoms with Crippen LogP contribution in [-0.4, -0.2) is 17.2 Å². The third-order valence-electron chi connectivity index (χ3n) is 2.15. The van der Waals surface area contributed by atoms with Gasteiger partial charge in [0.2, 0.25) is 0 Å². The molecule has 0 amide bonds. The Morgan fingerprint density at radius 2 is 2.35 bits per heavy atom. The summed E-state index contributed by atoms with van der Waals surface area (Å²) in [6.07, 6.45) is -0.123. The molecule has 4 nitrogen and oxygen atoms in total. The second kappa shape index (κ2) is 5.85. The molecule has 0 heterocycles. The molecule has 1 rings (SSSR count). The minimum Gasteiger partial charge on any atom is -0.488 e. The molecule has 1 aromatic carbocycles. The number of nitrogens with zero attached hydrogens (tertiary/aromatic N) is 1. The van der Waals surface area contributed by atoms with Crippen LogP contribution < -0.4 is 4.74 Å². The lowest BCUT2D eigenvalue weighted by molar-refractivity contribution is -0.137. The van der Waals surface area contributed by atoms with Gasteiger partial charge in [0.15, 0.2) is 11.6 Å². The van der Waals surface area contributed by atoms with Crippen LogP contribution in [0.5, 0.6) is 5.75 Å². The maximum atomic E-state index is 13.4. The zero-order valence-electron chi connectivity index (χ0n) is 9.31. The first-order valence-electron chi connectivity index (χ1n) is 5.11. The number of aliphatic carboxylic acids is 1. The number of halogens is 1. The number of carboxylic acid groups (broad SMARTS) is 1. The van der Waals surface area contributed by atoms with E-state index in [9.17, 15) is 9.18 Å². The Bertz CT molecular complexity index is 454. The molecular formula is C12H12FNO3. The first-order valence-corrected chi connectivity index (χ1v) is 5.11. The quantitative estimate of drug-likeness (QED) is 0.853. The monoisotopic (exact) mass is 237 g/mol. The van der Waals surface area contributed by atoms with E-state index >= 15 is 0 Å². The number of nitriles is 1. The van der Waals surface area contributed by atoms with Crippen LogP contribution in [0.15, 0.2) is 18.2 Å². The average molecular weight is 237 g/mol. The SMILES string of the molecule is CC(CCC(=O)O)Oc1ccc(C#N)cc1F. The maximum absolute atomic E-state index is 13.4. The third kappa shape index (κ3) is 4.11. The smallest absolute Gasteiger partial charge is 0.303 e. The highest BCUT2D eigenvalue weighted by Crippen LogP contribution is 2.20. The molecule has 0 fully saturated rings. The lowest BCUT2D eigenvalue weighted by Crippen LogP contribution is -2.14. The summed E-state index contributed by atoms with van der Waals surface area (Å²) in [7, 11) is 0. The van der Waals surface area contributed by atoms with Crippen molar-refractivity contribution >= 4 is 5.97 Å². The summed E-state index contributed by atoms with van der Waals surface area (Å²) in [5.41, 5.74) is 0.216. The van der Waals surface area contributed by atoms with Crippen LogP contribution in [-0.2, 0) is 4.79 Å². The minimum absolute atomic E-state index is 0.0287. The van der Waals surface area contributed by atoms with E-state index in [1.807, 2.05) is 6.07 Å². The van der Waals surface area contributed by atoms with E-state index in [4.69, 9.17) is 15.1 Å². The van der Waals surface area contributed by atoms with E-state index in [0.29, 0.717) is 6.42 Å². The summed E-state index contributed by atoms with van der Waals surface area (Å²) in [6, 6.07) is 5.71. The Morgan fingerprint density at radius 3 is 2.88 bits per heavy atom. The Hall–Kier alpha value is -2.09. The van der Waals surface area contributed by atoms with Gasteiger partial charge in [0.1, 0.15) is 0 Å². The number of ether oxygens (including phenoxy) is 1. The van der Waals surface area contributed by atoms with E-state index in [2.05, 4.69) is 0 Å². The molecule has 0 spiro atoms. The highest BCUT2D eigenvalue weighted by atomic mass is 19.1. The number of rotatable bonds is 5. The standard InChI is InChI=1S/C12H12FNO3/c1-8(2-5-12(15)16)17-11-4-3-9(7-14)6-10(11)13/h3-4,6,8H,2,5H2,1H3,(H,15,16). The molecule has 90 valence electrons. The van der Waals surface area contributed by atoms with Gasteiger partial charge in [-0.2, -0.15) is 5.26 Å². The van der Waals surface area contributed by atoms with Crippen molar-refractivity contribution in [3.8, 4) is 11.8 Å². The topological polar surface area (TPSA) is 70.3 Å². The molecule has 0 saturated carbocycles. The van der Waals surface area contributed by atoms with E-state index in [0.717, 1.165) is 6.07 Å². The van der Waals surface area contributed by atoms with Crippen molar-refractivity contribution in [2.24, 2.45) is 0 Å². The van der Waals surface area contributed by atoms with Gasteiger partial charge in [0.05, 0.1) is 17.7 Å². The van der Waals surface area contributed by atoms with Crippen LogP contribution >= 0.6 is 0 Å². The predicted octanol–water partition coefficient (Wildman–Crippen LogP) is 2.33. The fourth-order valence-electron chi connectivity index (χ4n) is 1.27. The van der Waals surface area contributed by atoms with Gasteiger partial charge in [0, 0.05) is 6.42 Å². The minimum atomic E-state index is -0.916. The van der Waals surface area contributed by atoms with E-state index < -0.39 is 17.9 Å². The summed E-state index contributed by atoms with van der Waals surface area (Å²) in [5, 5.41) is 17.0. The van der Waals surface area contributed by atoms with Crippen LogP contribution in [0.4, 0.5) is 4.39 Å². The summed E-state index contributed by atoms with van der Waals surface area (Å²) in [4.78, 5) is 10.3. The zero-order valence-corrected chi connectivity index (χ0v) is 9.31. The molecule has 5 heteroatoms. The van der Waals surface area contributed by atoms with Crippen molar-refractivity contribution in [3.63, 3.8) is 0 Å². The summed E-state index contributed by atoms with van der Waals surface area (Å²) in [6.45, 7) is 1.67. The summed E-state index contributed by atoms with van der Waals surface area (Å²) < 4.78 is 18.7. The first kappa shape index (κ1) is 13.0. The van der Waals surface area contributed by atoms with Crippen molar-refractivity contribution in [2.45, 2.75) is 25.9 Å². The van der Waals surface area contributed by atoms with Crippen LogP contribution in [0.2, 0.25) is 0 Å². The second-order valence-corrected chi connectivity index (χ2v) is 3.62. The van der Waals surface area contributed by atoms with Crippen molar-refractivity contribution in [3.05, 3.63) is 29.6 Å². The average Bonchev–Trinajstić information content (AvgIpc) is 2.29. The van der Waals surface area contributed by atoms with Gasteiger partial charge in [-0.25, -0.2) is 4.39 Å². The van der Waals surface area contributed by atoms with Gasteiger partial charge < -0.3 is 9.84 Å². The summed E-state index contributed by atoms with van der Waals surface area (Å²) >= 11 is 0. The van der Waals surface area contributed by atoms with Gasteiger partial charge in [-0.1, -0.05) is 0 Å². The highest BCUT2D eigenvalue weighted by Gasteiger charge is 2.10. The van der Waals surface area contributed by atoms with Crippen LogP contribution in [0, 0.1) is 17.1 Å². The molecule has 1 unspecified atom stereocenters. The maximum Gasteiger partial charge on any atom is 0.303 e. The van der Waals surface area contributed by atoms with Crippen molar-refractivity contribution in [1.82, 2.24) is 0 Å². The van der Waals surface area contributed by atoms with Gasteiger partial charge in [-0.3, -0.25) is 4.79 Å². The lowest BCUT2D eigenvalue weighted by Gasteiger charge is -2.14. The molecule has 0 bridgehead atoms. The molecule has 1 N–H and O–H groups in total. The largest absolute Gasteiger partial charge is 0.488 e. The molecule has 0 aromatic heterocycles. The molecule has 0 aliphatic rings. The van der Waals surface area contributed by atoms with E-state index in [1.165, 1.54) is 12.1 Å². The second-order valence-electron chi connectivity index (χ2n) is 3.62.